The number of carbonyl (C=O) groups is 1. The number of rotatable bonds is 8. The first-order chi connectivity index (χ1) is 13.9. The molecule has 0 bridgehead atoms. The lowest BCUT2D eigenvalue weighted by molar-refractivity contribution is -0.131. The van der Waals surface area contributed by atoms with E-state index in [-0.39, 0.29) is 4.91 Å². The van der Waals surface area contributed by atoms with Gasteiger partial charge in [0.05, 0.1) is 7.11 Å². The second kappa shape index (κ2) is 9.29. The van der Waals surface area contributed by atoms with E-state index >= 15 is 0 Å². The number of thioether (sulfide) groups is 1. The molecule has 2 N–H and O–H groups in total. The summed E-state index contributed by atoms with van der Waals surface area (Å²) in [4.78, 5) is 15.8. The Labute approximate surface area is 172 Å². The van der Waals surface area contributed by atoms with E-state index in [1.54, 1.807) is 38.3 Å². The van der Waals surface area contributed by atoms with Gasteiger partial charge in [0, 0.05) is 0 Å². The molecule has 2 aromatic carbocycles. The summed E-state index contributed by atoms with van der Waals surface area (Å²) in [6.07, 6.45) is 1.55. The summed E-state index contributed by atoms with van der Waals surface area (Å²) in [6.45, 7) is 4.19. The number of benzene rings is 2. The number of H-pyrrole nitrogens is 1. The van der Waals surface area contributed by atoms with Crippen LogP contribution < -0.4 is 9.47 Å². The molecule has 0 saturated heterocycles. The average Bonchev–Trinajstić information content (AvgIpc) is 3.12. The van der Waals surface area contributed by atoms with Crippen LogP contribution in [-0.4, -0.2) is 33.4 Å². The highest BCUT2D eigenvalue weighted by Gasteiger charge is 2.14. The maximum Gasteiger partial charge on any atom is 0.342 e. The van der Waals surface area contributed by atoms with Gasteiger partial charge in [-0.3, -0.25) is 5.10 Å². The van der Waals surface area contributed by atoms with Crippen LogP contribution in [0, 0.1) is 13.8 Å². The van der Waals surface area contributed by atoms with Gasteiger partial charge in [0.2, 0.25) is 5.16 Å². The highest BCUT2D eigenvalue weighted by atomic mass is 32.2. The minimum atomic E-state index is -1.06. The molecular formula is C21H21N3O4S. The highest BCUT2D eigenvalue weighted by Crippen LogP contribution is 2.32. The van der Waals surface area contributed by atoms with Crippen LogP contribution in [0.5, 0.6) is 11.5 Å². The van der Waals surface area contributed by atoms with Gasteiger partial charge in [0.25, 0.3) is 0 Å². The lowest BCUT2D eigenvalue weighted by atomic mass is 10.1. The second-order valence-electron chi connectivity index (χ2n) is 6.30. The van der Waals surface area contributed by atoms with Gasteiger partial charge >= 0.3 is 5.97 Å². The third-order valence-corrected chi connectivity index (χ3v) is 4.87. The van der Waals surface area contributed by atoms with E-state index in [1.807, 2.05) is 31.2 Å². The zero-order chi connectivity index (χ0) is 20.8. The molecule has 0 aliphatic rings. The number of nitrogens with one attached hydrogen (secondary N) is 1. The fourth-order valence-corrected chi connectivity index (χ4v) is 3.24. The molecule has 0 spiro atoms. The number of aliphatic carboxylic acids is 1. The van der Waals surface area contributed by atoms with E-state index in [4.69, 9.17) is 9.47 Å². The van der Waals surface area contributed by atoms with Gasteiger partial charge in [-0.15, -0.1) is 5.10 Å². The summed E-state index contributed by atoms with van der Waals surface area (Å²) in [5.41, 5.74) is 2.91. The maximum absolute atomic E-state index is 11.6. The molecular weight excluding hydrogens is 390 g/mol. The van der Waals surface area contributed by atoms with Crippen molar-refractivity contribution in [3.05, 3.63) is 69.9 Å². The number of hydrogen-bond acceptors (Lipinski definition) is 6. The summed E-state index contributed by atoms with van der Waals surface area (Å²) in [5.74, 6) is 0.666. The SMILES string of the molecule is COc1cc(/C=C(\Sc2n[nH]c(C)n2)C(=O)O)ccc1OCc1ccc(C)cc1. The van der Waals surface area contributed by atoms with Crippen molar-refractivity contribution in [3.63, 3.8) is 0 Å². The Bertz CT molecular complexity index is 1030. The predicted octanol–water partition coefficient (Wildman–Crippen LogP) is 4.23. The molecule has 0 radical (unpaired) electrons. The van der Waals surface area contributed by atoms with Gasteiger partial charge in [-0.05, 0) is 54.9 Å². The van der Waals surface area contributed by atoms with Crippen LogP contribution in [0.15, 0.2) is 52.5 Å². The van der Waals surface area contributed by atoms with E-state index in [9.17, 15) is 9.90 Å². The number of carboxylic acid groups (broad SMARTS) is 1. The molecule has 1 heterocycles. The van der Waals surface area contributed by atoms with Crippen LogP contribution in [0.4, 0.5) is 0 Å². The number of carboxylic acids is 1. The molecule has 0 aliphatic carbocycles. The van der Waals surface area contributed by atoms with E-state index in [0.717, 1.165) is 17.3 Å². The van der Waals surface area contributed by atoms with E-state index in [0.29, 0.717) is 34.7 Å². The summed E-state index contributed by atoms with van der Waals surface area (Å²) in [7, 11) is 1.55. The first kappa shape index (κ1) is 20.5. The molecule has 3 aromatic rings. The Morgan fingerprint density at radius 2 is 1.93 bits per heavy atom. The number of ether oxygens (including phenoxy) is 2. The van der Waals surface area contributed by atoms with Crippen LogP contribution >= 0.6 is 11.8 Å². The van der Waals surface area contributed by atoms with Gasteiger partial charge in [-0.25, -0.2) is 9.78 Å². The molecule has 3 rings (SSSR count). The summed E-state index contributed by atoms with van der Waals surface area (Å²) < 4.78 is 11.3. The molecule has 7 nitrogen and oxygen atoms in total. The number of aromatic nitrogens is 3. The van der Waals surface area contributed by atoms with Crippen molar-refractivity contribution in [2.75, 3.05) is 7.11 Å². The molecule has 1 aromatic heterocycles. The third kappa shape index (κ3) is 5.61. The lowest BCUT2D eigenvalue weighted by Gasteiger charge is -2.12. The number of methoxy groups -OCH3 is 1. The fourth-order valence-electron chi connectivity index (χ4n) is 2.49. The molecule has 0 saturated carbocycles. The Hall–Kier alpha value is -3.26. The van der Waals surface area contributed by atoms with Crippen LogP contribution in [0.3, 0.4) is 0 Å². The highest BCUT2D eigenvalue weighted by molar-refractivity contribution is 8.04. The van der Waals surface area contributed by atoms with Crippen LogP contribution in [0.2, 0.25) is 0 Å². The van der Waals surface area contributed by atoms with E-state index in [1.165, 1.54) is 5.56 Å². The molecule has 0 unspecified atom stereocenters. The van der Waals surface area contributed by atoms with Crippen LogP contribution in [0.25, 0.3) is 6.08 Å². The number of aromatic amines is 1. The molecule has 29 heavy (non-hydrogen) atoms. The molecule has 150 valence electrons. The van der Waals surface area contributed by atoms with Crippen molar-refractivity contribution in [3.8, 4) is 11.5 Å². The van der Waals surface area contributed by atoms with Crippen molar-refractivity contribution in [1.82, 2.24) is 15.2 Å². The maximum atomic E-state index is 11.6. The van der Waals surface area contributed by atoms with E-state index in [2.05, 4.69) is 15.2 Å². The summed E-state index contributed by atoms with van der Waals surface area (Å²) >= 11 is 0.975. The quantitative estimate of drug-likeness (QED) is 0.423. The number of aryl methyl sites for hydroxylation is 2. The largest absolute Gasteiger partial charge is 0.493 e. The Kier molecular flexibility index (Phi) is 6.56. The average molecular weight is 411 g/mol. The minimum Gasteiger partial charge on any atom is -0.493 e. The molecule has 0 aliphatic heterocycles. The standard InChI is InChI=1S/C21H21N3O4S/c1-13-4-6-15(7-5-13)12-28-17-9-8-16(10-18(17)27-3)11-19(20(25)26)29-21-22-14(2)23-24-21/h4-11H,12H2,1-3H3,(H,25,26)(H,22,23,24)/b19-11-. The zero-order valence-corrected chi connectivity index (χ0v) is 17.1. The summed E-state index contributed by atoms with van der Waals surface area (Å²) in [5, 5.41) is 16.5. The first-order valence-corrected chi connectivity index (χ1v) is 9.64. The zero-order valence-electron chi connectivity index (χ0n) is 16.3. The van der Waals surface area contributed by atoms with Gasteiger partial charge in [-0.1, -0.05) is 35.9 Å². The topological polar surface area (TPSA) is 97.3 Å². The fraction of sp³-hybridized carbons (Fsp3) is 0.190. The van der Waals surface area contributed by atoms with Gasteiger partial charge < -0.3 is 14.6 Å². The molecule has 0 fully saturated rings. The lowest BCUT2D eigenvalue weighted by Crippen LogP contribution is -1.99. The van der Waals surface area contributed by atoms with Gasteiger partial charge in [-0.2, -0.15) is 0 Å². The molecule has 8 heteroatoms. The van der Waals surface area contributed by atoms with E-state index < -0.39 is 5.97 Å². The summed E-state index contributed by atoms with van der Waals surface area (Å²) in [6, 6.07) is 13.4. The monoisotopic (exact) mass is 411 g/mol. The Morgan fingerprint density at radius 1 is 1.17 bits per heavy atom. The van der Waals surface area contributed by atoms with Crippen molar-refractivity contribution in [2.24, 2.45) is 0 Å². The molecule has 0 amide bonds. The normalized spacial score (nSPS) is 11.3. The molecule has 0 atom stereocenters. The van der Waals surface area contributed by atoms with Crippen LogP contribution in [0.1, 0.15) is 22.5 Å². The number of nitrogens with zero attached hydrogens (tertiary/aromatic N) is 2. The second-order valence-corrected chi connectivity index (χ2v) is 7.31. The van der Waals surface area contributed by atoms with Gasteiger partial charge in [0.15, 0.2) is 11.5 Å². The van der Waals surface area contributed by atoms with Crippen molar-refractivity contribution in [1.29, 1.82) is 0 Å². The third-order valence-electron chi connectivity index (χ3n) is 3.99. The van der Waals surface area contributed by atoms with Crippen molar-refractivity contribution in [2.45, 2.75) is 25.6 Å². The number of hydrogen-bond donors (Lipinski definition) is 2. The van der Waals surface area contributed by atoms with Crippen molar-refractivity contribution < 1.29 is 19.4 Å². The van der Waals surface area contributed by atoms with Crippen LogP contribution in [-0.2, 0) is 11.4 Å². The first-order valence-electron chi connectivity index (χ1n) is 8.83. The van der Waals surface area contributed by atoms with Gasteiger partial charge in [0.1, 0.15) is 17.3 Å². The van der Waals surface area contributed by atoms with Crippen molar-refractivity contribution >= 4 is 23.8 Å². The predicted molar refractivity (Wildman–Crippen MR) is 111 cm³/mol. The smallest absolute Gasteiger partial charge is 0.342 e. The minimum absolute atomic E-state index is 0.0966. The Morgan fingerprint density at radius 3 is 2.55 bits per heavy atom. The Balaban J connectivity index is 1.77.